The lowest BCUT2D eigenvalue weighted by molar-refractivity contribution is -0.0596. The lowest BCUT2D eigenvalue weighted by atomic mass is 9.76. The third-order valence-corrected chi connectivity index (χ3v) is 4.79. The summed E-state index contributed by atoms with van der Waals surface area (Å²) in [5.74, 6) is 0.925. The number of methoxy groups -OCH3 is 2. The molecule has 1 aromatic carbocycles. The molecule has 0 spiro atoms. The minimum absolute atomic E-state index is 0.0718. The molecule has 1 aromatic rings. The molecule has 0 aliphatic heterocycles. The quantitative estimate of drug-likeness (QED) is 0.913. The fraction of sp³-hybridized carbons (Fsp3) is 0.647. The Morgan fingerprint density at radius 1 is 1.05 bits per heavy atom. The van der Waals surface area contributed by atoms with Crippen LogP contribution >= 0.6 is 0 Å². The summed E-state index contributed by atoms with van der Waals surface area (Å²) >= 11 is 0. The predicted octanol–water partition coefficient (Wildman–Crippen LogP) is 3.66. The van der Waals surface area contributed by atoms with Crippen LogP contribution in [0.25, 0.3) is 0 Å². The van der Waals surface area contributed by atoms with Crippen LogP contribution in [-0.4, -0.2) is 19.8 Å². The van der Waals surface area contributed by atoms with Gasteiger partial charge >= 0.3 is 0 Å². The van der Waals surface area contributed by atoms with Gasteiger partial charge in [0.05, 0.1) is 18.8 Å². The Labute approximate surface area is 122 Å². The molecule has 0 aromatic heterocycles. The first-order valence-corrected chi connectivity index (χ1v) is 7.50. The van der Waals surface area contributed by atoms with E-state index < -0.39 is 0 Å². The normalized spacial score (nSPS) is 19.6. The second kappa shape index (κ2) is 6.15. The minimum Gasteiger partial charge on any atom is -0.496 e. The Kier molecular flexibility index (Phi) is 4.71. The smallest absolute Gasteiger partial charge is 0.122 e. The van der Waals surface area contributed by atoms with Gasteiger partial charge in [0.1, 0.15) is 5.75 Å². The van der Waals surface area contributed by atoms with Gasteiger partial charge in [0.2, 0.25) is 0 Å². The second-order valence-corrected chi connectivity index (χ2v) is 5.99. The fourth-order valence-corrected chi connectivity index (χ4v) is 3.44. The maximum atomic E-state index is 6.61. The van der Waals surface area contributed by atoms with Gasteiger partial charge in [0.25, 0.3) is 0 Å². The van der Waals surface area contributed by atoms with Crippen molar-refractivity contribution in [1.29, 1.82) is 0 Å². The first kappa shape index (κ1) is 15.3. The summed E-state index contributed by atoms with van der Waals surface area (Å²) in [6.45, 7) is 4.16. The molecule has 1 saturated carbocycles. The van der Waals surface area contributed by atoms with E-state index in [-0.39, 0.29) is 11.6 Å². The molecule has 3 nitrogen and oxygen atoms in total. The van der Waals surface area contributed by atoms with E-state index in [2.05, 4.69) is 26.0 Å². The number of aryl methyl sites for hydroxylation is 2. The van der Waals surface area contributed by atoms with Crippen LogP contribution in [0.15, 0.2) is 12.1 Å². The summed E-state index contributed by atoms with van der Waals surface area (Å²) in [6, 6.07) is 4.17. The van der Waals surface area contributed by atoms with Crippen molar-refractivity contribution >= 4 is 0 Å². The first-order valence-electron chi connectivity index (χ1n) is 7.50. The zero-order valence-corrected chi connectivity index (χ0v) is 13.2. The van der Waals surface area contributed by atoms with E-state index in [0.717, 1.165) is 24.2 Å². The number of nitrogens with two attached hydrogens (primary N) is 1. The third kappa shape index (κ3) is 2.70. The van der Waals surface area contributed by atoms with Crippen LogP contribution in [0.5, 0.6) is 5.75 Å². The molecule has 3 heteroatoms. The van der Waals surface area contributed by atoms with Crippen molar-refractivity contribution in [2.75, 3.05) is 14.2 Å². The second-order valence-electron chi connectivity index (χ2n) is 5.99. The third-order valence-electron chi connectivity index (χ3n) is 4.79. The molecule has 0 radical (unpaired) electrons. The number of ether oxygens (including phenoxy) is 2. The van der Waals surface area contributed by atoms with Gasteiger partial charge in [0.15, 0.2) is 0 Å². The maximum Gasteiger partial charge on any atom is 0.122 e. The molecule has 20 heavy (non-hydrogen) atoms. The zero-order valence-electron chi connectivity index (χ0n) is 13.2. The van der Waals surface area contributed by atoms with Crippen LogP contribution in [0.2, 0.25) is 0 Å². The van der Waals surface area contributed by atoms with Crippen LogP contribution in [-0.2, 0) is 4.74 Å². The molecule has 1 fully saturated rings. The van der Waals surface area contributed by atoms with Crippen molar-refractivity contribution in [1.82, 2.24) is 0 Å². The summed E-state index contributed by atoms with van der Waals surface area (Å²) in [6.07, 6.45) is 5.80. The molecule has 112 valence electrons. The van der Waals surface area contributed by atoms with E-state index in [1.807, 2.05) is 0 Å². The van der Waals surface area contributed by atoms with Gasteiger partial charge < -0.3 is 15.2 Å². The van der Waals surface area contributed by atoms with Crippen LogP contribution in [0.4, 0.5) is 0 Å². The molecule has 2 rings (SSSR count). The molecular formula is C17H27NO2. The Bertz CT molecular complexity index is 464. The molecule has 0 saturated heterocycles. The number of hydrogen-bond acceptors (Lipinski definition) is 3. The predicted molar refractivity (Wildman–Crippen MR) is 82.2 cm³/mol. The molecule has 1 atom stereocenters. The highest BCUT2D eigenvalue weighted by Crippen LogP contribution is 2.41. The van der Waals surface area contributed by atoms with Gasteiger partial charge in [-0.1, -0.05) is 25.3 Å². The average molecular weight is 277 g/mol. The molecule has 1 aliphatic rings. The summed E-state index contributed by atoms with van der Waals surface area (Å²) in [5.41, 5.74) is 9.91. The van der Waals surface area contributed by atoms with E-state index in [1.165, 1.54) is 30.4 Å². The number of hydrogen-bond donors (Lipinski definition) is 1. The molecule has 1 aliphatic carbocycles. The Morgan fingerprint density at radius 2 is 1.70 bits per heavy atom. The molecule has 0 bridgehead atoms. The van der Waals surface area contributed by atoms with Gasteiger partial charge in [-0.05, 0) is 49.4 Å². The van der Waals surface area contributed by atoms with E-state index in [9.17, 15) is 0 Å². The highest BCUT2D eigenvalue weighted by Gasteiger charge is 2.39. The Hall–Kier alpha value is -1.06. The largest absolute Gasteiger partial charge is 0.496 e. The lowest BCUT2D eigenvalue weighted by Crippen LogP contribution is -2.45. The average Bonchev–Trinajstić information content (AvgIpc) is 2.49. The number of benzene rings is 1. The van der Waals surface area contributed by atoms with Gasteiger partial charge in [-0.3, -0.25) is 0 Å². The molecule has 1 unspecified atom stereocenters. The zero-order chi connectivity index (χ0) is 14.8. The van der Waals surface area contributed by atoms with E-state index in [4.69, 9.17) is 15.2 Å². The summed E-state index contributed by atoms with van der Waals surface area (Å²) in [4.78, 5) is 0. The highest BCUT2D eigenvalue weighted by molar-refractivity contribution is 5.43. The van der Waals surface area contributed by atoms with Crippen LogP contribution in [0.1, 0.15) is 54.8 Å². The SMILES string of the molecule is COc1cc(C)c(C(N)C2(OC)CCCCC2)cc1C. The van der Waals surface area contributed by atoms with Crippen molar-refractivity contribution in [2.45, 2.75) is 57.6 Å². The fourth-order valence-electron chi connectivity index (χ4n) is 3.44. The monoisotopic (exact) mass is 277 g/mol. The Morgan fingerprint density at radius 3 is 2.25 bits per heavy atom. The Balaban J connectivity index is 2.36. The van der Waals surface area contributed by atoms with Crippen molar-refractivity contribution in [3.05, 3.63) is 28.8 Å². The van der Waals surface area contributed by atoms with E-state index in [0.29, 0.717) is 0 Å². The van der Waals surface area contributed by atoms with Gasteiger partial charge in [0, 0.05) is 7.11 Å². The standard InChI is InChI=1S/C17H27NO2/c1-12-11-15(19-3)13(2)10-14(12)16(18)17(20-4)8-6-5-7-9-17/h10-11,16H,5-9,18H2,1-4H3. The molecular weight excluding hydrogens is 250 g/mol. The number of rotatable bonds is 4. The molecule has 0 amide bonds. The van der Waals surface area contributed by atoms with Crippen LogP contribution in [0.3, 0.4) is 0 Å². The van der Waals surface area contributed by atoms with Crippen molar-refractivity contribution in [3.63, 3.8) is 0 Å². The van der Waals surface area contributed by atoms with Gasteiger partial charge in [-0.25, -0.2) is 0 Å². The first-order chi connectivity index (χ1) is 9.54. The van der Waals surface area contributed by atoms with E-state index >= 15 is 0 Å². The summed E-state index contributed by atoms with van der Waals surface area (Å²) in [5, 5.41) is 0. The minimum atomic E-state index is -0.204. The summed E-state index contributed by atoms with van der Waals surface area (Å²) < 4.78 is 11.3. The lowest BCUT2D eigenvalue weighted by Gasteiger charge is -2.41. The van der Waals surface area contributed by atoms with Crippen molar-refractivity contribution in [3.8, 4) is 5.75 Å². The van der Waals surface area contributed by atoms with Gasteiger partial charge in [-0.2, -0.15) is 0 Å². The summed E-state index contributed by atoms with van der Waals surface area (Å²) in [7, 11) is 3.51. The van der Waals surface area contributed by atoms with Crippen molar-refractivity contribution in [2.24, 2.45) is 5.73 Å². The highest BCUT2D eigenvalue weighted by atomic mass is 16.5. The van der Waals surface area contributed by atoms with Crippen LogP contribution < -0.4 is 10.5 Å². The van der Waals surface area contributed by atoms with Crippen molar-refractivity contribution < 1.29 is 9.47 Å². The molecule has 2 N–H and O–H groups in total. The van der Waals surface area contributed by atoms with E-state index in [1.54, 1.807) is 14.2 Å². The van der Waals surface area contributed by atoms with Crippen LogP contribution in [0, 0.1) is 13.8 Å². The maximum absolute atomic E-state index is 6.61. The van der Waals surface area contributed by atoms with Gasteiger partial charge in [-0.15, -0.1) is 0 Å². The topological polar surface area (TPSA) is 44.5 Å². The molecule has 0 heterocycles.